The number of nitriles is 1. The van der Waals surface area contributed by atoms with Crippen LogP contribution < -0.4 is 9.47 Å². The second-order valence-electron chi connectivity index (χ2n) is 5.56. The molecule has 2 heterocycles. The maximum absolute atomic E-state index is 9.20. The average Bonchev–Trinajstić information content (AvgIpc) is 2.52. The number of benzene rings is 1. The molecule has 0 amide bonds. The number of hydrogen-bond acceptors (Lipinski definition) is 4. The van der Waals surface area contributed by atoms with E-state index >= 15 is 0 Å². The lowest BCUT2D eigenvalue weighted by Crippen LogP contribution is -2.41. The summed E-state index contributed by atoms with van der Waals surface area (Å²) in [6.07, 6.45) is 2.97. The van der Waals surface area contributed by atoms with Gasteiger partial charge in [-0.25, -0.2) is 0 Å². The quantitative estimate of drug-likeness (QED) is 0.830. The zero-order valence-corrected chi connectivity index (χ0v) is 12.1. The van der Waals surface area contributed by atoms with Crippen LogP contribution in [0.15, 0.2) is 12.1 Å². The van der Waals surface area contributed by atoms with Gasteiger partial charge in [0.1, 0.15) is 0 Å². The van der Waals surface area contributed by atoms with Crippen LogP contribution in [0, 0.1) is 17.2 Å². The molecule has 4 heteroatoms. The lowest BCUT2D eigenvalue weighted by Gasteiger charge is -2.42. The molecule has 20 heavy (non-hydrogen) atoms. The van der Waals surface area contributed by atoms with Crippen molar-refractivity contribution in [1.29, 1.82) is 5.26 Å². The maximum Gasteiger partial charge on any atom is 0.161 e. The van der Waals surface area contributed by atoms with Crippen LogP contribution in [0.3, 0.4) is 0 Å². The van der Waals surface area contributed by atoms with Crippen LogP contribution in [0.4, 0.5) is 0 Å². The second-order valence-corrected chi connectivity index (χ2v) is 5.56. The molecule has 0 N–H and O–H groups in total. The van der Waals surface area contributed by atoms with Gasteiger partial charge in [-0.3, -0.25) is 4.90 Å². The topological polar surface area (TPSA) is 45.5 Å². The Morgan fingerprint density at radius 3 is 2.65 bits per heavy atom. The Kier molecular flexibility index (Phi) is 3.54. The molecule has 0 unspecified atom stereocenters. The maximum atomic E-state index is 9.20. The smallest absolute Gasteiger partial charge is 0.161 e. The molecule has 0 saturated carbocycles. The minimum absolute atomic E-state index is 0.176. The van der Waals surface area contributed by atoms with Gasteiger partial charge in [-0.1, -0.05) is 0 Å². The summed E-state index contributed by atoms with van der Waals surface area (Å²) in [4.78, 5) is 2.50. The molecule has 0 bridgehead atoms. The SMILES string of the molecule is COc1cc2c(cc1OC)[C@@H]1C[C@H](C#N)CCN1CC2. The van der Waals surface area contributed by atoms with Crippen molar-refractivity contribution >= 4 is 0 Å². The third-order valence-electron chi connectivity index (χ3n) is 4.57. The molecule has 4 nitrogen and oxygen atoms in total. The summed E-state index contributed by atoms with van der Waals surface area (Å²) in [5.74, 6) is 1.76. The molecule has 2 aliphatic rings. The van der Waals surface area contributed by atoms with E-state index in [0.29, 0.717) is 6.04 Å². The first-order valence-electron chi connectivity index (χ1n) is 7.15. The van der Waals surface area contributed by atoms with Crippen LogP contribution in [0.1, 0.15) is 30.0 Å². The standard InChI is InChI=1S/C16H20N2O2/c1-19-15-8-12-4-6-18-5-3-11(10-17)7-14(18)13(12)9-16(15)20-2/h8-9,11,14H,3-7H2,1-2H3/t11-,14+/m1/s1. The van der Waals surface area contributed by atoms with Gasteiger partial charge in [0.2, 0.25) is 0 Å². The fourth-order valence-electron chi connectivity index (χ4n) is 3.45. The summed E-state index contributed by atoms with van der Waals surface area (Å²) < 4.78 is 10.8. The molecule has 1 aromatic rings. The zero-order chi connectivity index (χ0) is 14.1. The predicted octanol–water partition coefficient (Wildman–Crippen LogP) is 2.54. The Morgan fingerprint density at radius 2 is 1.95 bits per heavy atom. The minimum Gasteiger partial charge on any atom is -0.493 e. The van der Waals surface area contributed by atoms with E-state index in [9.17, 15) is 5.26 Å². The Labute approximate surface area is 119 Å². The van der Waals surface area contributed by atoms with Crippen LogP contribution in [0.5, 0.6) is 11.5 Å². The van der Waals surface area contributed by atoms with E-state index in [1.165, 1.54) is 11.1 Å². The van der Waals surface area contributed by atoms with Crippen LogP contribution in [-0.4, -0.2) is 32.2 Å². The zero-order valence-electron chi connectivity index (χ0n) is 12.1. The van der Waals surface area contributed by atoms with E-state index in [2.05, 4.69) is 23.1 Å². The summed E-state index contributed by atoms with van der Waals surface area (Å²) in [5.41, 5.74) is 2.65. The minimum atomic E-state index is 0.176. The molecule has 1 saturated heterocycles. The van der Waals surface area contributed by atoms with Gasteiger partial charge in [0.05, 0.1) is 20.3 Å². The predicted molar refractivity (Wildman–Crippen MR) is 75.9 cm³/mol. The normalized spacial score (nSPS) is 25.2. The highest BCUT2D eigenvalue weighted by Crippen LogP contribution is 2.42. The van der Waals surface area contributed by atoms with Crippen molar-refractivity contribution in [1.82, 2.24) is 4.90 Å². The van der Waals surface area contributed by atoms with Crippen molar-refractivity contribution in [3.63, 3.8) is 0 Å². The van der Waals surface area contributed by atoms with Crippen LogP contribution in [0.2, 0.25) is 0 Å². The van der Waals surface area contributed by atoms with E-state index < -0.39 is 0 Å². The Morgan fingerprint density at radius 1 is 1.20 bits per heavy atom. The molecular weight excluding hydrogens is 252 g/mol. The first-order valence-corrected chi connectivity index (χ1v) is 7.15. The van der Waals surface area contributed by atoms with E-state index in [1.807, 2.05) is 0 Å². The summed E-state index contributed by atoms with van der Waals surface area (Å²) >= 11 is 0. The number of ether oxygens (including phenoxy) is 2. The van der Waals surface area contributed by atoms with Crippen LogP contribution in [0.25, 0.3) is 0 Å². The summed E-state index contributed by atoms with van der Waals surface area (Å²) in [5, 5.41) is 9.20. The van der Waals surface area contributed by atoms with E-state index in [1.54, 1.807) is 14.2 Å². The molecular formula is C16H20N2O2. The Bertz CT molecular complexity index is 550. The number of rotatable bonds is 2. The lowest BCUT2D eigenvalue weighted by atomic mass is 9.82. The van der Waals surface area contributed by atoms with Crippen molar-refractivity contribution in [3.8, 4) is 17.6 Å². The van der Waals surface area contributed by atoms with Crippen molar-refractivity contribution in [2.24, 2.45) is 5.92 Å². The van der Waals surface area contributed by atoms with E-state index in [-0.39, 0.29) is 5.92 Å². The first-order chi connectivity index (χ1) is 9.76. The van der Waals surface area contributed by atoms with Gasteiger partial charge in [-0.05, 0) is 42.5 Å². The fraction of sp³-hybridized carbons (Fsp3) is 0.562. The van der Waals surface area contributed by atoms with Crippen LogP contribution in [-0.2, 0) is 6.42 Å². The van der Waals surface area contributed by atoms with Gasteiger partial charge in [0.25, 0.3) is 0 Å². The summed E-state index contributed by atoms with van der Waals surface area (Å²) in [7, 11) is 3.34. The lowest BCUT2D eigenvalue weighted by molar-refractivity contribution is 0.119. The van der Waals surface area contributed by atoms with Crippen molar-refractivity contribution in [2.75, 3.05) is 27.3 Å². The van der Waals surface area contributed by atoms with Crippen molar-refractivity contribution in [3.05, 3.63) is 23.3 Å². The van der Waals surface area contributed by atoms with Gasteiger partial charge in [-0.15, -0.1) is 0 Å². The largest absolute Gasteiger partial charge is 0.493 e. The first kappa shape index (κ1) is 13.3. The molecule has 0 spiro atoms. The van der Waals surface area contributed by atoms with E-state index in [4.69, 9.17) is 9.47 Å². The summed E-state index contributed by atoms with van der Waals surface area (Å²) in [6, 6.07) is 7.00. The van der Waals surface area contributed by atoms with Crippen molar-refractivity contribution < 1.29 is 9.47 Å². The average molecular weight is 272 g/mol. The number of hydrogen-bond donors (Lipinski definition) is 0. The Hall–Kier alpha value is -1.73. The molecule has 3 rings (SSSR count). The molecule has 106 valence electrons. The molecule has 2 atom stereocenters. The fourth-order valence-corrected chi connectivity index (χ4v) is 3.45. The molecule has 0 aliphatic carbocycles. The van der Waals surface area contributed by atoms with Crippen LogP contribution >= 0.6 is 0 Å². The summed E-state index contributed by atoms with van der Waals surface area (Å²) in [6.45, 7) is 2.10. The van der Waals surface area contributed by atoms with Gasteiger partial charge in [0, 0.05) is 25.0 Å². The third-order valence-corrected chi connectivity index (χ3v) is 4.57. The Balaban J connectivity index is 2.00. The molecule has 2 aliphatic heterocycles. The molecule has 0 radical (unpaired) electrons. The third kappa shape index (κ3) is 2.12. The van der Waals surface area contributed by atoms with E-state index in [0.717, 1.165) is 43.9 Å². The number of piperidine rings is 1. The number of fused-ring (bicyclic) bond motifs is 3. The number of methoxy groups -OCH3 is 2. The molecule has 0 aromatic heterocycles. The van der Waals surface area contributed by atoms with Gasteiger partial charge in [-0.2, -0.15) is 5.26 Å². The second kappa shape index (κ2) is 5.34. The highest BCUT2D eigenvalue weighted by molar-refractivity contribution is 5.49. The monoisotopic (exact) mass is 272 g/mol. The van der Waals surface area contributed by atoms with Gasteiger partial charge in [0.15, 0.2) is 11.5 Å². The molecule has 1 aromatic carbocycles. The highest BCUT2D eigenvalue weighted by Gasteiger charge is 2.34. The molecule has 1 fully saturated rings. The highest BCUT2D eigenvalue weighted by atomic mass is 16.5. The van der Waals surface area contributed by atoms with Gasteiger partial charge < -0.3 is 9.47 Å². The van der Waals surface area contributed by atoms with Crippen molar-refractivity contribution in [2.45, 2.75) is 25.3 Å². The van der Waals surface area contributed by atoms with Gasteiger partial charge >= 0.3 is 0 Å². The number of nitrogens with zero attached hydrogens (tertiary/aromatic N) is 2.